The molecule has 1 aliphatic carbocycles. The summed E-state index contributed by atoms with van der Waals surface area (Å²) < 4.78 is 22.7. The minimum absolute atomic E-state index is 0.0419. The number of hydrogen-bond donors (Lipinski definition) is 2. The molecule has 1 fully saturated rings. The quantitative estimate of drug-likeness (QED) is 0.802. The molecule has 4 nitrogen and oxygen atoms in total. The van der Waals surface area contributed by atoms with E-state index in [1.807, 2.05) is 13.0 Å². The van der Waals surface area contributed by atoms with Gasteiger partial charge in [-0.2, -0.15) is 0 Å². The Morgan fingerprint density at radius 1 is 1.35 bits per heavy atom. The highest BCUT2D eigenvalue weighted by atomic mass is 32.2. The van der Waals surface area contributed by atoms with Gasteiger partial charge in [0, 0.05) is 17.6 Å². The predicted octanol–water partition coefficient (Wildman–Crippen LogP) is 1.58. The van der Waals surface area contributed by atoms with E-state index < -0.39 is 9.84 Å². The third kappa shape index (κ3) is 2.54. The fourth-order valence-electron chi connectivity index (χ4n) is 2.11. The molecule has 0 spiro atoms. The number of nitrogens with two attached hydrogens (primary N) is 2. The molecule has 0 aliphatic heterocycles. The van der Waals surface area contributed by atoms with Crippen LogP contribution in [0, 0.1) is 6.92 Å². The maximum Gasteiger partial charge on any atom is 0.151 e. The molecule has 2 rings (SSSR count). The van der Waals surface area contributed by atoms with E-state index >= 15 is 0 Å². The van der Waals surface area contributed by atoms with E-state index in [0.29, 0.717) is 22.9 Å². The van der Waals surface area contributed by atoms with Crippen LogP contribution < -0.4 is 11.5 Å². The van der Waals surface area contributed by atoms with Gasteiger partial charge in [-0.15, -0.1) is 0 Å². The molecule has 5 heteroatoms. The molecule has 94 valence electrons. The summed E-state index contributed by atoms with van der Waals surface area (Å²) in [6, 6.07) is 1.85. The SMILES string of the molecule is Cc1c(N)c(C2CC2)cc(N)c1CS(C)(=O)=O. The van der Waals surface area contributed by atoms with Crippen LogP contribution in [0.25, 0.3) is 0 Å². The fourth-order valence-corrected chi connectivity index (χ4v) is 3.02. The summed E-state index contributed by atoms with van der Waals surface area (Å²) >= 11 is 0. The second-order valence-corrected chi connectivity index (χ2v) is 7.06. The van der Waals surface area contributed by atoms with E-state index in [4.69, 9.17) is 11.5 Å². The molecule has 0 heterocycles. The number of nitrogen functional groups attached to an aromatic ring is 2. The van der Waals surface area contributed by atoms with Crippen LogP contribution >= 0.6 is 0 Å². The van der Waals surface area contributed by atoms with Crippen molar-refractivity contribution in [3.05, 3.63) is 22.8 Å². The Morgan fingerprint density at radius 2 is 1.94 bits per heavy atom. The molecule has 0 unspecified atom stereocenters. The van der Waals surface area contributed by atoms with Crippen LogP contribution in [0.3, 0.4) is 0 Å². The summed E-state index contributed by atoms with van der Waals surface area (Å²) in [5.74, 6) is 0.475. The van der Waals surface area contributed by atoms with Gasteiger partial charge in [-0.05, 0) is 48.4 Å². The van der Waals surface area contributed by atoms with E-state index in [9.17, 15) is 8.42 Å². The summed E-state index contributed by atoms with van der Waals surface area (Å²) in [6.45, 7) is 1.85. The summed E-state index contributed by atoms with van der Waals surface area (Å²) in [7, 11) is -3.09. The summed E-state index contributed by atoms with van der Waals surface area (Å²) in [6.07, 6.45) is 3.50. The van der Waals surface area contributed by atoms with Crippen molar-refractivity contribution in [3.63, 3.8) is 0 Å². The van der Waals surface area contributed by atoms with Gasteiger partial charge in [-0.1, -0.05) is 0 Å². The lowest BCUT2D eigenvalue weighted by atomic mass is 9.98. The maximum atomic E-state index is 11.4. The third-order valence-electron chi connectivity index (χ3n) is 3.25. The smallest absolute Gasteiger partial charge is 0.151 e. The summed E-state index contributed by atoms with van der Waals surface area (Å²) in [5, 5.41) is 0. The first-order valence-corrected chi connectivity index (χ1v) is 7.70. The monoisotopic (exact) mass is 254 g/mol. The normalized spacial score (nSPS) is 16.1. The van der Waals surface area contributed by atoms with Crippen LogP contribution in [0.5, 0.6) is 0 Å². The van der Waals surface area contributed by atoms with Crippen molar-refractivity contribution in [3.8, 4) is 0 Å². The van der Waals surface area contributed by atoms with Crippen molar-refractivity contribution < 1.29 is 8.42 Å². The molecule has 1 aromatic carbocycles. The van der Waals surface area contributed by atoms with Crippen molar-refractivity contribution in [2.75, 3.05) is 17.7 Å². The lowest BCUT2D eigenvalue weighted by molar-refractivity contribution is 0.601. The molecule has 0 bridgehead atoms. The Bertz CT molecular complexity index is 560. The second-order valence-electron chi connectivity index (χ2n) is 4.92. The van der Waals surface area contributed by atoms with Gasteiger partial charge in [0.1, 0.15) is 0 Å². The number of benzene rings is 1. The van der Waals surface area contributed by atoms with Crippen molar-refractivity contribution in [2.24, 2.45) is 0 Å². The largest absolute Gasteiger partial charge is 0.398 e. The van der Waals surface area contributed by atoms with Gasteiger partial charge in [0.2, 0.25) is 0 Å². The van der Waals surface area contributed by atoms with Crippen LogP contribution in [-0.4, -0.2) is 14.7 Å². The van der Waals surface area contributed by atoms with Crippen LogP contribution in [0.15, 0.2) is 6.07 Å². The standard InChI is InChI=1S/C12H18N2O2S/c1-7-10(6-17(2,15)16)11(13)5-9(12(7)14)8-3-4-8/h5,8H,3-4,6,13-14H2,1-2H3. The molecule has 17 heavy (non-hydrogen) atoms. The molecular weight excluding hydrogens is 236 g/mol. The molecule has 1 aromatic rings. The Morgan fingerprint density at radius 3 is 2.41 bits per heavy atom. The van der Waals surface area contributed by atoms with Gasteiger partial charge in [0.05, 0.1) is 5.75 Å². The van der Waals surface area contributed by atoms with E-state index in [0.717, 1.165) is 24.0 Å². The van der Waals surface area contributed by atoms with E-state index in [1.165, 1.54) is 6.26 Å². The van der Waals surface area contributed by atoms with Gasteiger partial charge in [0.25, 0.3) is 0 Å². The Kier molecular flexibility index (Phi) is 2.81. The van der Waals surface area contributed by atoms with Gasteiger partial charge in [-0.25, -0.2) is 8.42 Å². The number of hydrogen-bond acceptors (Lipinski definition) is 4. The molecule has 1 saturated carbocycles. The summed E-state index contributed by atoms with van der Waals surface area (Å²) in [5.41, 5.74) is 15.8. The van der Waals surface area contributed by atoms with E-state index in [-0.39, 0.29) is 5.75 Å². The molecule has 0 saturated heterocycles. The first-order chi connectivity index (χ1) is 7.79. The zero-order valence-electron chi connectivity index (χ0n) is 10.2. The van der Waals surface area contributed by atoms with Crippen molar-refractivity contribution in [2.45, 2.75) is 31.4 Å². The average molecular weight is 254 g/mol. The van der Waals surface area contributed by atoms with Crippen molar-refractivity contribution >= 4 is 21.2 Å². The van der Waals surface area contributed by atoms with Crippen molar-refractivity contribution in [1.82, 2.24) is 0 Å². The van der Waals surface area contributed by atoms with E-state index in [2.05, 4.69) is 0 Å². The fraction of sp³-hybridized carbons (Fsp3) is 0.500. The zero-order chi connectivity index (χ0) is 12.8. The third-order valence-corrected chi connectivity index (χ3v) is 4.06. The van der Waals surface area contributed by atoms with Gasteiger partial charge >= 0.3 is 0 Å². The van der Waals surface area contributed by atoms with Crippen molar-refractivity contribution in [1.29, 1.82) is 0 Å². The maximum absolute atomic E-state index is 11.4. The van der Waals surface area contributed by atoms with Gasteiger partial charge in [-0.3, -0.25) is 0 Å². The molecule has 0 atom stereocenters. The number of sulfone groups is 1. The Balaban J connectivity index is 2.50. The minimum atomic E-state index is -3.09. The average Bonchev–Trinajstić information content (AvgIpc) is 3.00. The van der Waals surface area contributed by atoms with Crippen LogP contribution in [0.4, 0.5) is 11.4 Å². The van der Waals surface area contributed by atoms with E-state index in [1.54, 1.807) is 0 Å². The minimum Gasteiger partial charge on any atom is -0.398 e. The van der Waals surface area contributed by atoms with Gasteiger partial charge < -0.3 is 11.5 Å². The molecule has 1 aliphatic rings. The number of rotatable bonds is 3. The second kappa shape index (κ2) is 3.91. The highest BCUT2D eigenvalue weighted by molar-refractivity contribution is 7.89. The topological polar surface area (TPSA) is 86.2 Å². The summed E-state index contributed by atoms with van der Waals surface area (Å²) in [4.78, 5) is 0. The molecule has 0 aromatic heterocycles. The predicted molar refractivity (Wildman–Crippen MR) is 70.5 cm³/mol. The van der Waals surface area contributed by atoms with Crippen LogP contribution in [0.1, 0.15) is 35.4 Å². The zero-order valence-corrected chi connectivity index (χ0v) is 11.0. The lowest BCUT2D eigenvalue weighted by Gasteiger charge is -2.15. The first-order valence-electron chi connectivity index (χ1n) is 5.64. The van der Waals surface area contributed by atoms with Crippen LogP contribution in [-0.2, 0) is 15.6 Å². The Labute approximate surface area is 102 Å². The lowest BCUT2D eigenvalue weighted by Crippen LogP contribution is -2.09. The number of anilines is 2. The Hall–Kier alpha value is -1.23. The van der Waals surface area contributed by atoms with Gasteiger partial charge in [0.15, 0.2) is 9.84 Å². The first kappa shape index (κ1) is 12.2. The highest BCUT2D eigenvalue weighted by Crippen LogP contribution is 2.45. The molecule has 0 amide bonds. The molecule has 0 radical (unpaired) electrons. The highest BCUT2D eigenvalue weighted by Gasteiger charge is 2.27. The molecule has 4 N–H and O–H groups in total. The van der Waals surface area contributed by atoms with Crippen LogP contribution in [0.2, 0.25) is 0 Å². The molecular formula is C12H18N2O2S.